The third-order valence-corrected chi connectivity index (χ3v) is 4.90. The number of ether oxygens (including phenoxy) is 1. The van der Waals surface area contributed by atoms with Gasteiger partial charge in [-0.25, -0.2) is 9.28 Å². The fourth-order valence-corrected chi connectivity index (χ4v) is 3.17. The summed E-state index contributed by atoms with van der Waals surface area (Å²) in [6.45, 7) is 4.33. The van der Waals surface area contributed by atoms with Crippen molar-refractivity contribution in [3.05, 3.63) is 95.1 Å². The van der Waals surface area contributed by atoms with Crippen molar-refractivity contribution in [2.45, 2.75) is 32.9 Å². The first-order chi connectivity index (χ1) is 15.0. The van der Waals surface area contributed by atoms with E-state index in [0.29, 0.717) is 30.0 Å². The van der Waals surface area contributed by atoms with E-state index in [-0.39, 0.29) is 18.5 Å². The Morgan fingerprint density at radius 3 is 2.68 bits per heavy atom. The van der Waals surface area contributed by atoms with E-state index < -0.39 is 5.82 Å². The molecule has 0 fully saturated rings. The van der Waals surface area contributed by atoms with Gasteiger partial charge in [0.25, 0.3) is 0 Å². The summed E-state index contributed by atoms with van der Waals surface area (Å²) in [5, 5.41) is 8.63. The van der Waals surface area contributed by atoms with E-state index in [2.05, 4.69) is 4.89 Å². The minimum atomic E-state index is -0.448. The average Bonchev–Trinajstić information content (AvgIpc) is 3.14. The van der Waals surface area contributed by atoms with Crippen LogP contribution in [0.3, 0.4) is 0 Å². The average molecular weight is 423 g/mol. The standard InChI is InChI=1S/C25H26FNO4/c1-3-22(17-30-29)31-23-8-4-6-19(14-23)7-5-13-27-16-21(26)15-24(27)25(28)20-11-9-18(2)10-12-20/h4-12,14-16,22,29H,3,13,17H2,1-2H3/b7-5+/t22-/m0/s1. The second-order valence-electron chi connectivity index (χ2n) is 7.31. The SMILES string of the molecule is CC[C@@H](COO)Oc1cccc(/C=C/Cn2cc(F)cc2C(=O)c2ccc(C)cc2)c1. The molecule has 3 rings (SSSR count). The van der Waals surface area contributed by atoms with Crippen LogP contribution in [-0.2, 0) is 11.4 Å². The number of benzene rings is 2. The molecule has 0 saturated heterocycles. The first-order valence-electron chi connectivity index (χ1n) is 10.2. The van der Waals surface area contributed by atoms with Gasteiger partial charge in [0.2, 0.25) is 5.78 Å². The molecule has 0 saturated carbocycles. The number of aromatic nitrogens is 1. The fraction of sp³-hybridized carbons (Fsp3) is 0.240. The van der Waals surface area contributed by atoms with Crippen molar-refractivity contribution < 1.29 is 24.1 Å². The molecule has 0 aliphatic rings. The van der Waals surface area contributed by atoms with E-state index in [1.54, 1.807) is 16.7 Å². The Kier molecular flexibility index (Phi) is 7.76. The molecule has 1 aromatic heterocycles. The van der Waals surface area contributed by atoms with Crippen LogP contribution in [0.25, 0.3) is 6.08 Å². The van der Waals surface area contributed by atoms with E-state index in [1.165, 1.54) is 12.3 Å². The van der Waals surface area contributed by atoms with Gasteiger partial charge in [0.15, 0.2) is 0 Å². The zero-order chi connectivity index (χ0) is 22.2. The van der Waals surface area contributed by atoms with Gasteiger partial charge in [-0.3, -0.25) is 10.1 Å². The number of carbonyl (C=O) groups is 1. The Bertz CT molecular complexity index is 1040. The lowest BCUT2D eigenvalue weighted by molar-refractivity contribution is -0.254. The van der Waals surface area contributed by atoms with E-state index in [4.69, 9.17) is 9.99 Å². The molecular weight excluding hydrogens is 397 g/mol. The Balaban J connectivity index is 1.71. The van der Waals surface area contributed by atoms with Crippen LogP contribution in [-0.4, -0.2) is 28.3 Å². The number of ketones is 1. The summed E-state index contributed by atoms with van der Waals surface area (Å²) in [4.78, 5) is 17.0. The summed E-state index contributed by atoms with van der Waals surface area (Å²) in [5.74, 6) is -0.00586. The minimum absolute atomic E-state index is 0.0908. The van der Waals surface area contributed by atoms with E-state index in [0.717, 1.165) is 11.1 Å². The number of carbonyl (C=O) groups excluding carboxylic acids is 1. The zero-order valence-electron chi connectivity index (χ0n) is 17.6. The Labute approximate surface area is 181 Å². The zero-order valence-corrected chi connectivity index (χ0v) is 17.6. The normalized spacial score (nSPS) is 12.3. The van der Waals surface area contributed by atoms with Crippen molar-refractivity contribution in [3.8, 4) is 5.75 Å². The Hall–Kier alpha value is -3.22. The molecule has 0 unspecified atom stereocenters. The smallest absolute Gasteiger partial charge is 0.209 e. The molecule has 6 heteroatoms. The van der Waals surface area contributed by atoms with Crippen molar-refractivity contribution in [1.82, 2.24) is 4.57 Å². The van der Waals surface area contributed by atoms with Crippen molar-refractivity contribution in [3.63, 3.8) is 0 Å². The highest BCUT2D eigenvalue weighted by Crippen LogP contribution is 2.18. The van der Waals surface area contributed by atoms with Crippen molar-refractivity contribution in [2.24, 2.45) is 0 Å². The molecule has 0 amide bonds. The van der Waals surface area contributed by atoms with Crippen molar-refractivity contribution >= 4 is 11.9 Å². The lowest BCUT2D eigenvalue weighted by Gasteiger charge is -2.16. The predicted molar refractivity (Wildman–Crippen MR) is 118 cm³/mol. The largest absolute Gasteiger partial charge is 0.488 e. The lowest BCUT2D eigenvalue weighted by Crippen LogP contribution is -2.21. The lowest BCUT2D eigenvalue weighted by atomic mass is 10.1. The van der Waals surface area contributed by atoms with Gasteiger partial charge in [0.1, 0.15) is 24.3 Å². The first kappa shape index (κ1) is 22.5. The molecule has 1 N–H and O–H groups in total. The van der Waals surface area contributed by atoms with Crippen LogP contribution in [0.5, 0.6) is 5.75 Å². The van der Waals surface area contributed by atoms with Gasteiger partial charge in [0, 0.05) is 24.4 Å². The second kappa shape index (κ2) is 10.7. The van der Waals surface area contributed by atoms with Gasteiger partial charge in [-0.1, -0.05) is 61.0 Å². The van der Waals surface area contributed by atoms with Crippen LogP contribution >= 0.6 is 0 Å². The Morgan fingerprint density at radius 1 is 1.19 bits per heavy atom. The highest BCUT2D eigenvalue weighted by atomic mass is 19.1. The van der Waals surface area contributed by atoms with Crippen LogP contribution < -0.4 is 4.74 Å². The number of rotatable bonds is 10. The number of hydrogen-bond donors (Lipinski definition) is 1. The second-order valence-corrected chi connectivity index (χ2v) is 7.31. The number of allylic oxidation sites excluding steroid dienone is 1. The van der Waals surface area contributed by atoms with Crippen molar-refractivity contribution in [1.29, 1.82) is 0 Å². The summed E-state index contributed by atoms with van der Waals surface area (Å²) >= 11 is 0. The summed E-state index contributed by atoms with van der Waals surface area (Å²) in [6, 6.07) is 16.0. The number of nitrogens with zero attached hydrogens (tertiary/aromatic N) is 1. The van der Waals surface area contributed by atoms with Gasteiger partial charge >= 0.3 is 0 Å². The predicted octanol–water partition coefficient (Wildman–Crippen LogP) is 5.53. The molecule has 31 heavy (non-hydrogen) atoms. The maximum atomic E-state index is 13.9. The van der Waals surface area contributed by atoms with Crippen LogP contribution in [0.4, 0.5) is 4.39 Å². The number of aryl methyl sites for hydroxylation is 1. The molecule has 5 nitrogen and oxygen atoms in total. The molecule has 0 bridgehead atoms. The molecule has 3 aromatic rings. The van der Waals surface area contributed by atoms with Crippen molar-refractivity contribution in [2.75, 3.05) is 6.61 Å². The molecule has 0 spiro atoms. The van der Waals surface area contributed by atoms with E-state index >= 15 is 0 Å². The van der Waals surface area contributed by atoms with E-state index in [1.807, 2.05) is 62.4 Å². The van der Waals surface area contributed by atoms with Gasteiger partial charge in [-0.2, -0.15) is 0 Å². The summed E-state index contributed by atoms with van der Waals surface area (Å²) < 4.78 is 21.3. The molecule has 0 aliphatic carbocycles. The van der Waals surface area contributed by atoms with Gasteiger partial charge in [-0.15, -0.1) is 0 Å². The fourth-order valence-electron chi connectivity index (χ4n) is 3.17. The van der Waals surface area contributed by atoms with E-state index in [9.17, 15) is 9.18 Å². The van der Waals surface area contributed by atoms with Crippen LogP contribution in [0.15, 0.2) is 66.9 Å². The molecule has 0 radical (unpaired) electrons. The van der Waals surface area contributed by atoms with Crippen LogP contribution in [0, 0.1) is 12.7 Å². The van der Waals surface area contributed by atoms with Gasteiger partial charge in [0.05, 0.1) is 5.69 Å². The highest BCUT2D eigenvalue weighted by molar-refractivity contribution is 6.08. The first-order valence-corrected chi connectivity index (χ1v) is 10.2. The maximum Gasteiger partial charge on any atom is 0.209 e. The summed E-state index contributed by atoms with van der Waals surface area (Å²) in [7, 11) is 0. The van der Waals surface area contributed by atoms with Crippen LogP contribution in [0.2, 0.25) is 0 Å². The quantitative estimate of drug-likeness (QED) is 0.265. The monoisotopic (exact) mass is 423 g/mol. The number of halogens is 1. The van der Waals surface area contributed by atoms with Gasteiger partial charge < -0.3 is 9.30 Å². The number of hydrogen-bond acceptors (Lipinski definition) is 4. The molecule has 1 atom stereocenters. The molecule has 162 valence electrons. The minimum Gasteiger partial charge on any atom is -0.488 e. The maximum absolute atomic E-state index is 13.9. The summed E-state index contributed by atoms with van der Waals surface area (Å²) in [5.41, 5.74) is 2.78. The van der Waals surface area contributed by atoms with Crippen LogP contribution in [0.1, 0.15) is 40.5 Å². The Morgan fingerprint density at radius 2 is 1.97 bits per heavy atom. The highest BCUT2D eigenvalue weighted by Gasteiger charge is 2.15. The molecule has 1 heterocycles. The molecule has 2 aromatic carbocycles. The molecular formula is C25H26FNO4. The topological polar surface area (TPSA) is 60.7 Å². The third kappa shape index (κ3) is 6.13. The van der Waals surface area contributed by atoms with Gasteiger partial charge in [-0.05, 0) is 31.0 Å². The molecule has 0 aliphatic heterocycles. The third-order valence-electron chi connectivity index (χ3n) is 4.90. The summed E-state index contributed by atoms with van der Waals surface area (Å²) in [6.07, 6.45) is 5.51.